The Labute approximate surface area is 89.0 Å². The van der Waals surface area contributed by atoms with Gasteiger partial charge in [-0.25, -0.2) is 4.39 Å². The lowest BCUT2D eigenvalue weighted by Crippen LogP contribution is -1.88. The van der Waals surface area contributed by atoms with Gasteiger partial charge in [0.1, 0.15) is 6.67 Å². The molecular formula is C14H13F. The third-order valence-electron chi connectivity index (χ3n) is 2.63. The lowest BCUT2D eigenvalue weighted by Gasteiger charge is -2.07. The number of hydrogen-bond donors (Lipinski definition) is 0. The second kappa shape index (κ2) is 4.26. The van der Waals surface area contributed by atoms with Crippen LogP contribution in [-0.2, 0) is 0 Å². The van der Waals surface area contributed by atoms with Gasteiger partial charge in [-0.15, -0.1) is 0 Å². The van der Waals surface area contributed by atoms with Crippen LogP contribution in [-0.4, -0.2) is 6.67 Å². The van der Waals surface area contributed by atoms with E-state index >= 15 is 0 Å². The molecule has 76 valence electrons. The second-order valence-electron chi connectivity index (χ2n) is 3.47. The molecule has 0 bridgehead atoms. The average Bonchev–Trinajstić information content (AvgIpc) is 2.31. The fourth-order valence-electron chi connectivity index (χ4n) is 1.81. The van der Waals surface area contributed by atoms with Crippen molar-refractivity contribution in [1.82, 2.24) is 0 Å². The number of halogens is 1. The molecule has 0 saturated carbocycles. The van der Waals surface area contributed by atoms with Crippen LogP contribution >= 0.6 is 0 Å². The highest BCUT2D eigenvalue weighted by atomic mass is 19.1. The maximum atomic E-state index is 12.8. The SMILES string of the molecule is CC=C(CF)c1cccc2ccccc12. The smallest absolute Gasteiger partial charge is 0.115 e. The van der Waals surface area contributed by atoms with E-state index in [1.54, 1.807) is 0 Å². The number of hydrogen-bond acceptors (Lipinski definition) is 0. The van der Waals surface area contributed by atoms with E-state index in [0.717, 1.165) is 21.9 Å². The highest BCUT2D eigenvalue weighted by Gasteiger charge is 2.04. The van der Waals surface area contributed by atoms with Crippen molar-refractivity contribution < 1.29 is 4.39 Å². The molecule has 2 rings (SSSR count). The summed E-state index contributed by atoms with van der Waals surface area (Å²) in [6.45, 7) is 1.46. The van der Waals surface area contributed by atoms with Crippen LogP contribution in [0.5, 0.6) is 0 Å². The molecule has 0 fully saturated rings. The second-order valence-corrected chi connectivity index (χ2v) is 3.47. The van der Waals surface area contributed by atoms with Gasteiger partial charge >= 0.3 is 0 Å². The molecule has 0 saturated heterocycles. The predicted octanol–water partition coefficient (Wildman–Crippen LogP) is 4.21. The van der Waals surface area contributed by atoms with Gasteiger partial charge in [0.15, 0.2) is 0 Å². The van der Waals surface area contributed by atoms with Crippen molar-refractivity contribution in [1.29, 1.82) is 0 Å². The minimum Gasteiger partial charge on any atom is -0.246 e. The molecule has 2 aromatic rings. The molecule has 0 aliphatic heterocycles. The highest BCUT2D eigenvalue weighted by Crippen LogP contribution is 2.25. The van der Waals surface area contributed by atoms with Gasteiger partial charge in [0.2, 0.25) is 0 Å². The Morgan fingerprint density at radius 3 is 2.60 bits per heavy atom. The average molecular weight is 200 g/mol. The van der Waals surface area contributed by atoms with E-state index in [0.29, 0.717) is 0 Å². The summed E-state index contributed by atoms with van der Waals surface area (Å²) in [4.78, 5) is 0. The van der Waals surface area contributed by atoms with Crippen LogP contribution in [0.1, 0.15) is 12.5 Å². The molecule has 0 N–H and O–H groups in total. The first-order valence-corrected chi connectivity index (χ1v) is 5.06. The Morgan fingerprint density at radius 2 is 1.87 bits per heavy atom. The van der Waals surface area contributed by atoms with E-state index in [1.165, 1.54) is 0 Å². The fraction of sp³-hybridized carbons (Fsp3) is 0.143. The summed E-state index contributed by atoms with van der Waals surface area (Å²) in [6.07, 6.45) is 1.84. The summed E-state index contributed by atoms with van der Waals surface area (Å²) in [6, 6.07) is 14.0. The standard InChI is InChI=1S/C14H13F/c1-2-11(10-15)13-9-5-7-12-6-3-4-8-14(12)13/h2-9H,10H2,1H3. The normalized spacial score (nSPS) is 12.0. The quantitative estimate of drug-likeness (QED) is 0.681. The zero-order chi connectivity index (χ0) is 10.7. The number of allylic oxidation sites excluding steroid dienone is 2. The van der Waals surface area contributed by atoms with Gasteiger partial charge in [0.25, 0.3) is 0 Å². The van der Waals surface area contributed by atoms with E-state index in [-0.39, 0.29) is 0 Å². The minimum absolute atomic E-state index is 0.412. The van der Waals surface area contributed by atoms with Gasteiger partial charge in [-0.05, 0) is 28.8 Å². The van der Waals surface area contributed by atoms with E-state index < -0.39 is 6.67 Å². The van der Waals surface area contributed by atoms with E-state index in [4.69, 9.17) is 0 Å². The molecule has 15 heavy (non-hydrogen) atoms. The van der Waals surface area contributed by atoms with Crippen molar-refractivity contribution in [2.75, 3.05) is 6.67 Å². The molecule has 0 unspecified atom stereocenters. The molecule has 0 aromatic heterocycles. The first-order chi connectivity index (χ1) is 7.36. The molecule has 0 atom stereocenters. The van der Waals surface area contributed by atoms with Gasteiger partial charge in [-0.1, -0.05) is 48.5 Å². The van der Waals surface area contributed by atoms with Crippen molar-refractivity contribution in [3.8, 4) is 0 Å². The molecule has 0 nitrogen and oxygen atoms in total. The maximum absolute atomic E-state index is 12.8. The van der Waals surface area contributed by atoms with Crippen LogP contribution in [0.4, 0.5) is 4.39 Å². The van der Waals surface area contributed by atoms with Crippen LogP contribution in [0.3, 0.4) is 0 Å². The molecule has 0 amide bonds. The van der Waals surface area contributed by atoms with Crippen molar-refractivity contribution >= 4 is 16.3 Å². The van der Waals surface area contributed by atoms with Gasteiger partial charge < -0.3 is 0 Å². The van der Waals surface area contributed by atoms with Crippen LogP contribution < -0.4 is 0 Å². The molecule has 0 radical (unpaired) electrons. The topological polar surface area (TPSA) is 0 Å². The van der Waals surface area contributed by atoms with E-state index in [1.807, 2.05) is 55.5 Å². The summed E-state index contributed by atoms with van der Waals surface area (Å²) in [5, 5.41) is 2.27. The number of fused-ring (bicyclic) bond motifs is 1. The van der Waals surface area contributed by atoms with Crippen molar-refractivity contribution in [2.45, 2.75) is 6.92 Å². The zero-order valence-corrected chi connectivity index (χ0v) is 8.70. The molecule has 0 aliphatic carbocycles. The largest absolute Gasteiger partial charge is 0.246 e. The van der Waals surface area contributed by atoms with Crippen LogP contribution in [0.15, 0.2) is 48.5 Å². The van der Waals surface area contributed by atoms with Gasteiger partial charge in [0, 0.05) is 0 Å². The monoisotopic (exact) mass is 200 g/mol. The summed E-state index contributed by atoms with van der Waals surface area (Å²) < 4.78 is 12.8. The minimum atomic E-state index is -0.412. The third-order valence-corrected chi connectivity index (χ3v) is 2.63. The third kappa shape index (κ3) is 1.78. The van der Waals surface area contributed by atoms with Crippen molar-refractivity contribution in [3.05, 3.63) is 54.1 Å². The zero-order valence-electron chi connectivity index (χ0n) is 8.70. The number of benzene rings is 2. The Balaban J connectivity index is 2.71. The Bertz CT molecular complexity index is 492. The van der Waals surface area contributed by atoms with Crippen molar-refractivity contribution in [2.24, 2.45) is 0 Å². The Hall–Kier alpha value is -1.63. The Morgan fingerprint density at radius 1 is 1.13 bits per heavy atom. The molecule has 0 spiro atoms. The summed E-state index contributed by atoms with van der Waals surface area (Å²) in [5.41, 5.74) is 1.75. The van der Waals surface area contributed by atoms with Crippen LogP contribution in [0.2, 0.25) is 0 Å². The summed E-state index contributed by atoms with van der Waals surface area (Å²) in [5.74, 6) is 0. The van der Waals surface area contributed by atoms with Crippen molar-refractivity contribution in [3.63, 3.8) is 0 Å². The number of rotatable bonds is 2. The molecule has 0 heterocycles. The molecular weight excluding hydrogens is 187 g/mol. The first kappa shape index (κ1) is 9.91. The van der Waals surface area contributed by atoms with E-state index in [9.17, 15) is 4.39 Å². The lowest BCUT2D eigenvalue weighted by molar-refractivity contribution is 0.571. The molecule has 0 aliphatic rings. The summed E-state index contributed by atoms with van der Waals surface area (Å²) >= 11 is 0. The number of alkyl halides is 1. The fourth-order valence-corrected chi connectivity index (χ4v) is 1.81. The first-order valence-electron chi connectivity index (χ1n) is 5.06. The van der Waals surface area contributed by atoms with Gasteiger partial charge in [-0.2, -0.15) is 0 Å². The Kier molecular flexibility index (Phi) is 2.82. The van der Waals surface area contributed by atoms with Crippen LogP contribution in [0.25, 0.3) is 16.3 Å². The lowest BCUT2D eigenvalue weighted by atomic mass is 9.99. The summed E-state index contributed by atoms with van der Waals surface area (Å²) in [7, 11) is 0. The predicted molar refractivity (Wildman–Crippen MR) is 63.6 cm³/mol. The maximum Gasteiger partial charge on any atom is 0.115 e. The van der Waals surface area contributed by atoms with Gasteiger partial charge in [0.05, 0.1) is 0 Å². The highest BCUT2D eigenvalue weighted by molar-refractivity contribution is 5.93. The molecule has 1 heteroatoms. The van der Waals surface area contributed by atoms with Gasteiger partial charge in [-0.3, -0.25) is 0 Å². The molecule has 2 aromatic carbocycles. The van der Waals surface area contributed by atoms with Crippen LogP contribution in [0, 0.1) is 0 Å². The van der Waals surface area contributed by atoms with E-state index in [2.05, 4.69) is 0 Å².